The Labute approximate surface area is 97.7 Å². The van der Waals surface area contributed by atoms with Crippen molar-refractivity contribution in [3.63, 3.8) is 0 Å². The lowest BCUT2D eigenvalue weighted by molar-refractivity contribution is -0.135. The number of aromatic nitrogens is 1. The minimum absolute atomic E-state index is 0.0501. The van der Waals surface area contributed by atoms with Crippen LogP contribution in [0.15, 0.2) is 35.4 Å². The molecule has 0 atom stereocenters. The smallest absolute Gasteiger partial charge is 0.349 e. The molecule has 1 aromatic carbocycles. The van der Waals surface area contributed by atoms with Crippen molar-refractivity contribution in [1.82, 2.24) is 4.98 Å². The summed E-state index contributed by atoms with van der Waals surface area (Å²) >= 11 is 5.76. The highest BCUT2D eigenvalue weighted by Crippen LogP contribution is 2.18. The number of carbonyl (C=O) groups is 1. The van der Waals surface area contributed by atoms with Crippen LogP contribution >= 0.6 is 11.6 Å². The molecule has 1 N–H and O–H groups in total. The zero-order valence-electron chi connectivity index (χ0n) is 8.66. The standard InChI is InChI=1S/C12H10ClNO2/c1-16-12(15)10(13)7-9-6-8-4-2-3-5-11(8)14-9/h2-7,14H,1H3/b10-7-. The van der Waals surface area contributed by atoms with Crippen LogP contribution in [0, 0.1) is 0 Å². The van der Waals surface area contributed by atoms with Crippen LogP contribution in [0.2, 0.25) is 0 Å². The van der Waals surface area contributed by atoms with Crippen molar-refractivity contribution in [3.8, 4) is 0 Å². The number of halogens is 1. The summed E-state index contributed by atoms with van der Waals surface area (Å²) in [4.78, 5) is 14.2. The topological polar surface area (TPSA) is 42.1 Å². The molecular weight excluding hydrogens is 226 g/mol. The van der Waals surface area contributed by atoms with E-state index in [1.54, 1.807) is 6.08 Å². The van der Waals surface area contributed by atoms with Gasteiger partial charge in [-0.3, -0.25) is 0 Å². The van der Waals surface area contributed by atoms with Crippen molar-refractivity contribution in [2.45, 2.75) is 0 Å². The maximum Gasteiger partial charge on any atom is 0.349 e. The van der Waals surface area contributed by atoms with Crippen LogP contribution in [-0.4, -0.2) is 18.1 Å². The van der Waals surface area contributed by atoms with E-state index in [9.17, 15) is 4.79 Å². The Hall–Kier alpha value is -1.74. The van der Waals surface area contributed by atoms with Gasteiger partial charge in [0.15, 0.2) is 0 Å². The molecule has 0 amide bonds. The number of benzene rings is 1. The van der Waals surface area contributed by atoms with E-state index in [1.807, 2.05) is 30.3 Å². The molecule has 82 valence electrons. The minimum atomic E-state index is -0.541. The molecule has 0 aliphatic rings. The van der Waals surface area contributed by atoms with Crippen molar-refractivity contribution in [2.24, 2.45) is 0 Å². The molecule has 0 saturated carbocycles. The predicted octanol–water partition coefficient (Wildman–Crippen LogP) is 2.92. The van der Waals surface area contributed by atoms with Gasteiger partial charge >= 0.3 is 5.97 Å². The van der Waals surface area contributed by atoms with Gasteiger partial charge in [-0.1, -0.05) is 29.8 Å². The summed E-state index contributed by atoms with van der Waals surface area (Å²) < 4.78 is 4.51. The molecule has 0 saturated heterocycles. The first-order valence-electron chi connectivity index (χ1n) is 4.74. The number of para-hydroxylation sites is 1. The molecule has 1 aromatic heterocycles. The van der Waals surface area contributed by atoms with E-state index < -0.39 is 5.97 Å². The van der Waals surface area contributed by atoms with E-state index in [4.69, 9.17) is 11.6 Å². The maximum absolute atomic E-state index is 11.1. The number of H-pyrrole nitrogens is 1. The van der Waals surface area contributed by atoms with E-state index in [1.165, 1.54) is 7.11 Å². The molecule has 2 rings (SSSR count). The average molecular weight is 236 g/mol. The van der Waals surface area contributed by atoms with Gasteiger partial charge in [0.25, 0.3) is 0 Å². The minimum Gasteiger partial charge on any atom is -0.465 e. The Morgan fingerprint density at radius 3 is 2.88 bits per heavy atom. The second-order valence-electron chi connectivity index (χ2n) is 3.30. The van der Waals surface area contributed by atoms with Gasteiger partial charge in [-0.05, 0) is 23.6 Å². The van der Waals surface area contributed by atoms with Crippen LogP contribution in [0.3, 0.4) is 0 Å². The Morgan fingerprint density at radius 2 is 2.19 bits per heavy atom. The van der Waals surface area contributed by atoms with Crippen molar-refractivity contribution >= 4 is 34.5 Å². The number of carbonyl (C=O) groups excluding carboxylic acids is 1. The lowest BCUT2D eigenvalue weighted by Gasteiger charge is -1.94. The third kappa shape index (κ3) is 2.09. The number of hydrogen-bond donors (Lipinski definition) is 1. The van der Waals surface area contributed by atoms with Crippen molar-refractivity contribution < 1.29 is 9.53 Å². The molecule has 0 bridgehead atoms. The molecule has 0 aliphatic heterocycles. The summed E-state index contributed by atoms with van der Waals surface area (Å²) in [5.41, 5.74) is 1.78. The third-order valence-corrected chi connectivity index (χ3v) is 2.48. The monoisotopic (exact) mass is 235 g/mol. The molecule has 0 spiro atoms. The Balaban J connectivity index is 2.38. The Kier molecular flexibility index (Phi) is 2.97. The number of fused-ring (bicyclic) bond motifs is 1. The molecular formula is C12H10ClNO2. The SMILES string of the molecule is COC(=O)/C(Cl)=C/c1cc2ccccc2[nH]1. The molecule has 0 aliphatic carbocycles. The van der Waals surface area contributed by atoms with Gasteiger partial charge in [-0.15, -0.1) is 0 Å². The summed E-state index contributed by atoms with van der Waals surface area (Å²) in [6.45, 7) is 0. The molecule has 16 heavy (non-hydrogen) atoms. The van der Waals surface area contributed by atoms with Crippen LogP contribution in [0.25, 0.3) is 17.0 Å². The first-order valence-corrected chi connectivity index (χ1v) is 5.12. The van der Waals surface area contributed by atoms with Gasteiger partial charge in [-0.25, -0.2) is 4.79 Å². The zero-order chi connectivity index (χ0) is 11.5. The normalized spacial score (nSPS) is 11.8. The van der Waals surface area contributed by atoms with E-state index in [0.717, 1.165) is 16.6 Å². The fourth-order valence-corrected chi connectivity index (χ4v) is 1.66. The van der Waals surface area contributed by atoms with Crippen molar-refractivity contribution in [1.29, 1.82) is 0 Å². The summed E-state index contributed by atoms with van der Waals surface area (Å²) in [6, 6.07) is 9.74. The summed E-state index contributed by atoms with van der Waals surface area (Å²) in [6.07, 6.45) is 1.55. The lowest BCUT2D eigenvalue weighted by atomic mass is 10.2. The van der Waals surface area contributed by atoms with Crippen LogP contribution in [0.5, 0.6) is 0 Å². The van der Waals surface area contributed by atoms with E-state index >= 15 is 0 Å². The molecule has 3 nitrogen and oxygen atoms in total. The first kappa shape index (κ1) is 10.8. The number of aromatic amines is 1. The second kappa shape index (κ2) is 4.41. The van der Waals surface area contributed by atoms with Crippen molar-refractivity contribution in [3.05, 3.63) is 41.1 Å². The summed E-state index contributed by atoms with van der Waals surface area (Å²) in [7, 11) is 1.30. The Bertz CT molecular complexity index is 524. The molecule has 1 heterocycles. The van der Waals surface area contributed by atoms with Gasteiger partial charge < -0.3 is 9.72 Å². The molecule has 2 aromatic rings. The molecule has 4 heteroatoms. The van der Waals surface area contributed by atoms with Gasteiger partial charge in [0.2, 0.25) is 0 Å². The van der Waals surface area contributed by atoms with Crippen LogP contribution < -0.4 is 0 Å². The highest BCUT2D eigenvalue weighted by atomic mass is 35.5. The second-order valence-corrected chi connectivity index (χ2v) is 3.70. The number of ether oxygens (including phenoxy) is 1. The fraction of sp³-hybridized carbons (Fsp3) is 0.0833. The highest BCUT2D eigenvalue weighted by Gasteiger charge is 2.06. The lowest BCUT2D eigenvalue weighted by Crippen LogP contribution is -1.99. The van der Waals surface area contributed by atoms with E-state index in [-0.39, 0.29) is 5.03 Å². The number of rotatable bonds is 2. The van der Waals surface area contributed by atoms with Gasteiger partial charge in [0.1, 0.15) is 5.03 Å². The van der Waals surface area contributed by atoms with Crippen molar-refractivity contribution in [2.75, 3.05) is 7.11 Å². The zero-order valence-corrected chi connectivity index (χ0v) is 9.41. The number of hydrogen-bond acceptors (Lipinski definition) is 2. The van der Waals surface area contributed by atoms with Crippen LogP contribution in [0.1, 0.15) is 5.69 Å². The number of esters is 1. The van der Waals surface area contributed by atoms with E-state index in [2.05, 4.69) is 9.72 Å². The first-order chi connectivity index (χ1) is 7.70. The summed E-state index contributed by atoms with van der Waals surface area (Å²) in [5.74, 6) is -0.541. The van der Waals surface area contributed by atoms with Gasteiger partial charge in [-0.2, -0.15) is 0 Å². The molecule has 0 fully saturated rings. The predicted molar refractivity (Wildman–Crippen MR) is 64.1 cm³/mol. The number of nitrogens with one attached hydrogen (secondary N) is 1. The molecule has 0 unspecified atom stereocenters. The summed E-state index contributed by atoms with van der Waals surface area (Å²) in [5, 5.41) is 1.12. The van der Waals surface area contributed by atoms with Gasteiger partial charge in [0.05, 0.1) is 7.11 Å². The number of methoxy groups -OCH3 is 1. The Morgan fingerprint density at radius 1 is 1.44 bits per heavy atom. The highest BCUT2D eigenvalue weighted by molar-refractivity contribution is 6.43. The maximum atomic E-state index is 11.1. The average Bonchev–Trinajstić information content (AvgIpc) is 2.69. The largest absolute Gasteiger partial charge is 0.465 e. The van der Waals surface area contributed by atoms with Crippen LogP contribution in [-0.2, 0) is 9.53 Å². The third-order valence-electron chi connectivity index (χ3n) is 2.21. The quantitative estimate of drug-likeness (QED) is 0.642. The van der Waals surface area contributed by atoms with Gasteiger partial charge in [0, 0.05) is 11.2 Å². The fourth-order valence-electron chi connectivity index (χ4n) is 1.47. The molecule has 0 radical (unpaired) electrons. The van der Waals surface area contributed by atoms with Crippen LogP contribution in [0.4, 0.5) is 0 Å². The van der Waals surface area contributed by atoms with E-state index in [0.29, 0.717) is 0 Å².